The first-order valence-electron chi connectivity index (χ1n) is 8.61. The molecule has 1 heterocycles. The van der Waals surface area contributed by atoms with Gasteiger partial charge >= 0.3 is 0 Å². The average Bonchev–Trinajstić information content (AvgIpc) is 3.08. The van der Waals surface area contributed by atoms with Crippen molar-refractivity contribution in [3.05, 3.63) is 107 Å². The molecule has 3 aromatic rings. The SMILES string of the molecule is C=CCN(Cc1cccn1Cc1cccc(F)c1)C(=O)c1ccc(Br)cc1. The molecule has 0 atom stereocenters. The Balaban J connectivity index is 1.79. The zero-order valence-electron chi connectivity index (χ0n) is 14.8. The van der Waals surface area contributed by atoms with Gasteiger partial charge in [0.1, 0.15) is 5.82 Å². The minimum absolute atomic E-state index is 0.0547. The van der Waals surface area contributed by atoms with Crippen LogP contribution >= 0.6 is 15.9 Å². The van der Waals surface area contributed by atoms with Crippen LogP contribution in [-0.4, -0.2) is 21.9 Å². The third kappa shape index (κ3) is 4.95. The lowest BCUT2D eigenvalue weighted by molar-refractivity contribution is 0.0759. The molecule has 0 aliphatic rings. The van der Waals surface area contributed by atoms with Crippen LogP contribution in [0.15, 0.2) is 84.0 Å². The van der Waals surface area contributed by atoms with Gasteiger partial charge in [-0.2, -0.15) is 0 Å². The van der Waals surface area contributed by atoms with Crippen molar-refractivity contribution >= 4 is 21.8 Å². The fourth-order valence-corrected chi connectivity index (χ4v) is 3.19. The Morgan fingerprint density at radius 1 is 1.15 bits per heavy atom. The van der Waals surface area contributed by atoms with Crippen molar-refractivity contribution in [2.24, 2.45) is 0 Å². The van der Waals surface area contributed by atoms with Gasteiger partial charge in [0, 0.05) is 35.0 Å². The minimum atomic E-state index is -0.250. The summed E-state index contributed by atoms with van der Waals surface area (Å²) in [6, 6.07) is 17.8. The third-order valence-corrected chi connectivity index (χ3v) is 4.77. The maximum atomic E-state index is 13.5. The van der Waals surface area contributed by atoms with Crippen LogP contribution in [0.2, 0.25) is 0 Å². The number of rotatable bonds is 7. The second-order valence-electron chi connectivity index (χ2n) is 6.24. The molecular weight excluding hydrogens is 407 g/mol. The van der Waals surface area contributed by atoms with Crippen LogP contribution in [-0.2, 0) is 13.1 Å². The van der Waals surface area contributed by atoms with Crippen molar-refractivity contribution in [2.75, 3.05) is 6.54 Å². The number of hydrogen-bond acceptors (Lipinski definition) is 1. The fraction of sp³-hybridized carbons (Fsp3) is 0.136. The van der Waals surface area contributed by atoms with Gasteiger partial charge in [-0.05, 0) is 54.1 Å². The molecule has 2 aromatic carbocycles. The van der Waals surface area contributed by atoms with Crippen molar-refractivity contribution in [3.63, 3.8) is 0 Å². The van der Waals surface area contributed by atoms with Crippen molar-refractivity contribution in [2.45, 2.75) is 13.1 Å². The Morgan fingerprint density at radius 3 is 2.63 bits per heavy atom. The van der Waals surface area contributed by atoms with Crippen molar-refractivity contribution < 1.29 is 9.18 Å². The van der Waals surface area contributed by atoms with Crippen molar-refractivity contribution in [3.8, 4) is 0 Å². The van der Waals surface area contributed by atoms with E-state index < -0.39 is 0 Å². The van der Waals surface area contributed by atoms with Crippen molar-refractivity contribution in [1.82, 2.24) is 9.47 Å². The maximum absolute atomic E-state index is 13.5. The standard InChI is InChI=1S/C22H20BrFN2O/c1-2-12-26(22(27)18-8-10-19(23)11-9-18)16-21-7-4-13-25(21)15-17-5-3-6-20(24)14-17/h2-11,13-14H,1,12,15-16H2. The van der Waals surface area contributed by atoms with Crippen molar-refractivity contribution in [1.29, 1.82) is 0 Å². The molecule has 0 spiro atoms. The molecule has 0 bridgehead atoms. The summed E-state index contributed by atoms with van der Waals surface area (Å²) < 4.78 is 16.4. The van der Waals surface area contributed by atoms with Gasteiger partial charge in [-0.1, -0.05) is 34.1 Å². The molecule has 1 amide bonds. The van der Waals surface area contributed by atoms with Gasteiger partial charge in [-0.25, -0.2) is 4.39 Å². The summed E-state index contributed by atoms with van der Waals surface area (Å²) in [7, 11) is 0. The van der Waals surface area contributed by atoms with Crippen LogP contribution in [0.4, 0.5) is 4.39 Å². The van der Waals surface area contributed by atoms with E-state index in [1.165, 1.54) is 12.1 Å². The minimum Gasteiger partial charge on any atom is -0.345 e. The van der Waals surface area contributed by atoms with Gasteiger partial charge in [0.05, 0.1) is 6.54 Å². The van der Waals surface area contributed by atoms with Gasteiger partial charge < -0.3 is 9.47 Å². The largest absolute Gasteiger partial charge is 0.345 e. The summed E-state index contributed by atoms with van der Waals surface area (Å²) in [5, 5.41) is 0. The molecule has 0 unspecified atom stereocenters. The molecule has 0 radical (unpaired) electrons. The molecule has 0 saturated carbocycles. The maximum Gasteiger partial charge on any atom is 0.254 e. The highest BCUT2D eigenvalue weighted by Gasteiger charge is 2.16. The molecule has 0 aliphatic heterocycles. The van der Waals surface area contributed by atoms with Gasteiger partial charge in [0.2, 0.25) is 0 Å². The van der Waals surface area contributed by atoms with E-state index in [-0.39, 0.29) is 11.7 Å². The molecule has 0 aliphatic carbocycles. The van der Waals surface area contributed by atoms with Gasteiger partial charge in [-0.15, -0.1) is 6.58 Å². The smallest absolute Gasteiger partial charge is 0.254 e. The lowest BCUT2D eigenvalue weighted by atomic mass is 10.2. The number of amides is 1. The molecule has 1 aromatic heterocycles. The van der Waals surface area contributed by atoms with Gasteiger partial charge in [0.25, 0.3) is 5.91 Å². The molecule has 0 fully saturated rings. The second-order valence-corrected chi connectivity index (χ2v) is 7.15. The lowest BCUT2D eigenvalue weighted by Crippen LogP contribution is -2.31. The summed E-state index contributed by atoms with van der Waals surface area (Å²) in [6.45, 7) is 5.21. The normalized spacial score (nSPS) is 10.6. The van der Waals surface area contributed by atoms with Crippen LogP contribution in [0.5, 0.6) is 0 Å². The van der Waals surface area contributed by atoms with Crippen LogP contribution in [0, 0.1) is 5.82 Å². The monoisotopic (exact) mass is 426 g/mol. The molecular formula is C22H20BrFN2O. The third-order valence-electron chi connectivity index (χ3n) is 4.25. The van der Waals surface area contributed by atoms with Gasteiger partial charge in [0.15, 0.2) is 0 Å². The number of nitrogens with zero attached hydrogens (tertiary/aromatic N) is 2. The van der Waals surface area contributed by atoms with Crippen LogP contribution in [0.1, 0.15) is 21.6 Å². The Hall–Kier alpha value is -2.66. The molecule has 3 nitrogen and oxygen atoms in total. The highest BCUT2D eigenvalue weighted by atomic mass is 79.9. The number of benzene rings is 2. The molecule has 5 heteroatoms. The highest BCUT2D eigenvalue weighted by Crippen LogP contribution is 2.16. The Morgan fingerprint density at radius 2 is 1.93 bits per heavy atom. The first-order chi connectivity index (χ1) is 13.1. The van der Waals surface area contributed by atoms with E-state index in [1.807, 2.05) is 41.1 Å². The summed E-state index contributed by atoms with van der Waals surface area (Å²) in [6.07, 6.45) is 3.66. The average molecular weight is 427 g/mol. The van der Waals surface area contributed by atoms with Gasteiger partial charge in [-0.3, -0.25) is 4.79 Å². The summed E-state index contributed by atoms with van der Waals surface area (Å²) in [5.41, 5.74) is 2.48. The Kier molecular flexibility index (Phi) is 6.24. The van der Waals surface area contributed by atoms with E-state index in [1.54, 1.807) is 29.2 Å². The summed E-state index contributed by atoms with van der Waals surface area (Å²) in [4.78, 5) is 14.6. The van der Waals surface area contributed by atoms with E-state index in [0.29, 0.717) is 25.2 Å². The topological polar surface area (TPSA) is 25.2 Å². The van der Waals surface area contributed by atoms with E-state index in [2.05, 4.69) is 22.5 Å². The van der Waals surface area contributed by atoms with E-state index in [9.17, 15) is 9.18 Å². The lowest BCUT2D eigenvalue weighted by Gasteiger charge is -2.22. The zero-order chi connectivity index (χ0) is 19.2. The number of halogens is 2. The number of carbonyl (C=O) groups excluding carboxylic acids is 1. The van der Waals surface area contributed by atoms with E-state index in [0.717, 1.165) is 15.7 Å². The summed E-state index contributed by atoms with van der Waals surface area (Å²) in [5.74, 6) is -0.305. The van der Waals surface area contributed by atoms with E-state index in [4.69, 9.17) is 0 Å². The second kappa shape index (κ2) is 8.82. The molecule has 3 rings (SSSR count). The number of carbonyl (C=O) groups is 1. The first kappa shape index (κ1) is 19.1. The Bertz CT molecular complexity index is 933. The number of aromatic nitrogens is 1. The molecule has 27 heavy (non-hydrogen) atoms. The number of hydrogen-bond donors (Lipinski definition) is 0. The highest BCUT2D eigenvalue weighted by molar-refractivity contribution is 9.10. The zero-order valence-corrected chi connectivity index (χ0v) is 16.4. The Labute approximate surface area is 166 Å². The van der Waals surface area contributed by atoms with E-state index >= 15 is 0 Å². The first-order valence-corrected chi connectivity index (χ1v) is 9.40. The molecule has 0 N–H and O–H groups in total. The molecule has 0 saturated heterocycles. The fourth-order valence-electron chi connectivity index (χ4n) is 2.92. The van der Waals surface area contributed by atoms with Crippen LogP contribution in [0.25, 0.3) is 0 Å². The van der Waals surface area contributed by atoms with Crippen LogP contribution in [0.3, 0.4) is 0 Å². The predicted molar refractivity (Wildman–Crippen MR) is 109 cm³/mol. The van der Waals surface area contributed by atoms with Crippen LogP contribution < -0.4 is 0 Å². The molecule has 138 valence electrons. The predicted octanol–water partition coefficient (Wildman–Crippen LogP) is 5.27. The quantitative estimate of drug-likeness (QED) is 0.472. The summed E-state index contributed by atoms with van der Waals surface area (Å²) >= 11 is 3.39.